The first-order chi connectivity index (χ1) is 9.72. The summed E-state index contributed by atoms with van der Waals surface area (Å²) in [4.78, 5) is 11.9. The van der Waals surface area contributed by atoms with Crippen LogP contribution in [0.3, 0.4) is 0 Å². The molecule has 1 aromatic carbocycles. The average molecular weight is 274 g/mol. The third-order valence-corrected chi connectivity index (χ3v) is 4.86. The molecule has 108 valence electrons. The Morgan fingerprint density at radius 2 is 1.80 bits per heavy atom. The van der Waals surface area contributed by atoms with Crippen LogP contribution in [0.4, 0.5) is 0 Å². The van der Waals surface area contributed by atoms with Gasteiger partial charge in [0.1, 0.15) is 5.75 Å². The van der Waals surface area contributed by atoms with Gasteiger partial charge in [0.05, 0.1) is 11.5 Å². The molecule has 2 saturated carbocycles. The fourth-order valence-electron chi connectivity index (χ4n) is 3.39. The summed E-state index contributed by atoms with van der Waals surface area (Å²) in [6.07, 6.45) is 8.26. The van der Waals surface area contributed by atoms with E-state index in [1.165, 1.54) is 6.42 Å². The molecule has 0 aromatic heterocycles. The molecule has 2 aliphatic rings. The number of hydrogen-bond donors (Lipinski definition) is 1. The summed E-state index contributed by atoms with van der Waals surface area (Å²) in [7, 11) is 0. The number of carboxylic acid groups (broad SMARTS) is 1. The lowest BCUT2D eigenvalue weighted by atomic mass is 9.69. The molecule has 0 radical (unpaired) electrons. The fourth-order valence-corrected chi connectivity index (χ4v) is 3.39. The summed E-state index contributed by atoms with van der Waals surface area (Å²) in [5, 5.41) is 9.82. The van der Waals surface area contributed by atoms with Crippen molar-refractivity contribution in [2.24, 2.45) is 0 Å². The monoisotopic (exact) mass is 274 g/mol. The zero-order valence-corrected chi connectivity index (χ0v) is 11.8. The van der Waals surface area contributed by atoms with Gasteiger partial charge in [0.2, 0.25) is 0 Å². The molecule has 0 saturated heterocycles. The Hall–Kier alpha value is -1.51. The Labute approximate surface area is 120 Å². The molecule has 0 spiro atoms. The number of hydrogen-bond acceptors (Lipinski definition) is 2. The van der Waals surface area contributed by atoms with Gasteiger partial charge in [-0.1, -0.05) is 37.5 Å². The molecule has 2 aliphatic carbocycles. The first-order valence-corrected chi connectivity index (χ1v) is 7.72. The third-order valence-electron chi connectivity index (χ3n) is 4.86. The fraction of sp³-hybridized carbons (Fsp3) is 0.588. The van der Waals surface area contributed by atoms with Crippen LogP contribution in [0.25, 0.3) is 0 Å². The van der Waals surface area contributed by atoms with Crippen molar-refractivity contribution in [3.05, 3.63) is 29.8 Å². The van der Waals surface area contributed by atoms with Gasteiger partial charge in [0.15, 0.2) is 0 Å². The minimum absolute atomic E-state index is 0.283. The highest BCUT2D eigenvalue weighted by Gasteiger charge is 2.43. The smallest absolute Gasteiger partial charge is 0.314 e. The molecule has 0 unspecified atom stereocenters. The largest absolute Gasteiger partial charge is 0.490 e. The van der Waals surface area contributed by atoms with Crippen molar-refractivity contribution in [2.75, 3.05) is 0 Å². The normalized spacial score (nSPS) is 22.0. The van der Waals surface area contributed by atoms with Crippen molar-refractivity contribution >= 4 is 5.97 Å². The lowest BCUT2D eigenvalue weighted by Gasteiger charge is -2.36. The predicted molar refractivity (Wildman–Crippen MR) is 77.1 cm³/mol. The third kappa shape index (κ3) is 2.30. The Bertz CT molecular complexity index is 485. The molecule has 20 heavy (non-hydrogen) atoms. The van der Waals surface area contributed by atoms with Gasteiger partial charge >= 0.3 is 5.97 Å². The molecule has 3 rings (SSSR count). The van der Waals surface area contributed by atoms with Gasteiger partial charge in [-0.2, -0.15) is 0 Å². The zero-order valence-electron chi connectivity index (χ0n) is 11.8. The van der Waals surface area contributed by atoms with E-state index in [1.807, 2.05) is 24.3 Å². The number of aliphatic carboxylic acids is 1. The van der Waals surface area contributed by atoms with E-state index in [1.54, 1.807) is 0 Å². The maximum atomic E-state index is 11.9. The Kier molecular flexibility index (Phi) is 3.68. The van der Waals surface area contributed by atoms with Crippen LogP contribution >= 0.6 is 0 Å². The van der Waals surface area contributed by atoms with E-state index >= 15 is 0 Å². The lowest BCUT2D eigenvalue weighted by Crippen LogP contribution is -2.38. The van der Waals surface area contributed by atoms with E-state index in [0.717, 1.165) is 56.3 Å². The van der Waals surface area contributed by atoms with Crippen molar-refractivity contribution < 1.29 is 14.6 Å². The number of carboxylic acids is 1. The van der Waals surface area contributed by atoms with Crippen LogP contribution < -0.4 is 4.74 Å². The van der Waals surface area contributed by atoms with Crippen molar-refractivity contribution in [2.45, 2.75) is 62.9 Å². The number of carbonyl (C=O) groups is 1. The van der Waals surface area contributed by atoms with Crippen molar-refractivity contribution in [1.82, 2.24) is 0 Å². The molecule has 0 amide bonds. The second-order valence-electron chi connectivity index (χ2n) is 6.11. The second-order valence-corrected chi connectivity index (χ2v) is 6.11. The molecule has 3 nitrogen and oxygen atoms in total. The van der Waals surface area contributed by atoms with Crippen LogP contribution in [0.2, 0.25) is 0 Å². The van der Waals surface area contributed by atoms with Crippen molar-refractivity contribution in [3.8, 4) is 5.75 Å². The molecular weight excluding hydrogens is 252 g/mol. The Morgan fingerprint density at radius 1 is 1.10 bits per heavy atom. The molecule has 0 atom stereocenters. The maximum absolute atomic E-state index is 11.9. The van der Waals surface area contributed by atoms with Gasteiger partial charge in [-0.25, -0.2) is 0 Å². The van der Waals surface area contributed by atoms with Gasteiger partial charge < -0.3 is 9.84 Å². The molecule has 1 N–H and O–H groups in total. The van der Waals surface area contributed by atoms with Gasteiger partial charge in [-0.15, -0.1) is 0 Å². The van der Waals surface area contributed by atoms with E-state index in [-0.39, 0.29) is 6.10 Å². The van der Waals surface area contributed by atoms with Crippen LogP contribution in [0.5, 0.6) is 5.75 Å². The summed E-state index contributed by atoms with van der Waals surface area (Å²) < 4.78 is 6.05. The molecule has 3 heteroatoms. The summed E-state index contributed by atoms with van der Waals surface area (Å²) in [6, 6.07) is 7.76. The zero-order chi connectivity index (χ0) is 14.0. The second kappa shape index (κ2) is 5.47. The van der Waals surface area contributed by atoms with E-state index in [4.69, 9.17) is 4.74 Å². The molecular formula is C17H22O3. The molecule has 0 aliphatic heterocycles. The van der Waals surface area contributed by atoms with Crippen LogP contribution in [0, 0.1) is 0 Å². The lowest BCUT2D eigenvalue weighted by molar-refractivity contribution is -0.145. The number of benzene rings is 1. The van der Waals surface area contributed by atoms with E-state index in [0.29, 0.717) is 0 Å². The van der Waals surface area contributed by atoms with Crippen LogP contribution in [-0.2, 0) is 10.2 Å². The first kappa shape index (κ1) is 13.5. The Morgan fingerprint density at radius 3 is 2.40 bits per heavy atom. The van der Waals surface area contributed by atoms with Gasteiger partial charge in [-0.3, -0.25) is 4.79 Å². The van der Waals surface area contributed by atoms with Gasteiger partial charge in [0, 0.05) is 5.56 Å². The molecule has 0 heterocycles. The van der Waals surface area contributed by atoms with Gasteiger partial charge in [0.25, 0.3) is 0 Å². The molecule has 1 aromatic rings. The first-order valence-electron chi connectivity index (χ1n) is 7.72. The quantitative estimate of drug-likeness (QED) is 0.905. The van der Waals surface area contributed by atoms with Crippen LogP contribution in [0.15, 0.2) is 24.3 Å². The highest BCUT2D eigenvalue weighted by molar-refractivity contribution is 5.82. The minimum Gasteiger partial charge on any atom is -0.490 e. The van der Waals surface area contributed by atoms with E-state index in [9.17, 15) is 9.90 Å². The standard InChI is InChI=1S/C17H22O3/c18-16(19)17(11-4-1-5-12-17)14-9-2-3-10-15(14)20-13-7-6-8-13/h2-3,9-10,13H,1,4-8,11-12H2,(H,18,19). The number of ether oxygens (including phenoxy) is 1. The summed E-state index contributed by atoms with van der Waals surface area (Å²) in [6.45, 7) is 0. The predicted octanol–water partition coefficient (Wildman–Crippen LogP) is 3.90. The Balaban J connectivity index is 1.95. The SMILES string of the molecule is O=C(O)C1(c2ccccc2OC2CCC2)CCCCC1. The van der Waals surface area contributed by atoms with Crippen molar-refractivity contribution in [1.29, 1.82) is 0 Å². The molecule has 2 fully saturated rings. The number of rotatable bonds is 4. The van der Waals surface area contributed by atoms with Gasteiger partial charge in [-0.05, 0) is 38.2 Å². The van der Waals surface area contributed by atoms with Crippen molar-refractivity contribution in [3.63, 3.8) is 0 Å². The maximum Gasteiger partial charge on any atom is 0.314 e. The van der Waals surface area contributed by atoms with Crippen LogP contribution in [0.1, 0.15) is 56.9 Å². The highest BCUT2D eigenvalue weighted by atomic mass is 16.5. The topological polar surface area (TPSA) is 46.5 Å². The average Bonchev–Trinajstić information content (AvgIpc) is 2.44. The molecule has 0 bridgehead atoms. The number of para-hydroxylation sites is 1. The van der Waals surface area contributed by atoms with E-state index in [2.05, 4.69) is 0 Å². The summed E-state index contributed by atoms with van der Waals surface area (Å²) in [5.41, 5.74) is 0.151. The highest BCUT2D eigenvalue weighted by Crippen LogP contribution is 2.44. The summed E-state index contributed by atoms with van der Waals surface area (Å²) >= 11 is 0. The minimum atomic E-state index is -0.738. The van der Waals surface area contributed by atoms with E-state index < -0.39 is 11.4 Å². The van der Waals surface area contributed by atoms with Crippen LogP contribution in [-0.4, -0.2) is 17.2 Å². The summed E-state index contributed by atoms with van der Waals surface area (Å²) in [5.74, 6) is 0.100.